The summed E-state index contributed by atoms with van der Waals surface area (Å²) in [6.07, 6.45) is 15.1. The van der Waals surface area contributed by atoms with Crippen molar-refractivity contribution < 1.29 is 24.8 Å². The molecular formula is C22H44O5. The molecule has 1 aliphatic rings. The number of hydrogen-bond donors (Lipinski definition) is 3. The van der Waals surface area contributed by atoms with Crippen molar-refractivity contribution in [3.63, 3.8) is 0 Å². The Bertz CT molecular complexity index is 326. The zero-order chi connectivity index (χ0) is 19.7. The van der Waals surface area contributed by atoms with Gasteiger partial charge in [0.25, 0.3) is 0 Å². The number of rotatable bonds is 18. The lowest BCUT2D eigenvalue weighted by molar-refractivity contribution is -0.0813. The number of aliphatic hydroxyl groups is 3. The van der Waals surface area contributed by atoms with Crippen LogP contribution in [0.4, 0.5) is 0 Å². The molecule has 0 aromatic carbocycles. The van der Waals surface area contributed by atoms with E-state index in [2.05, 4.69) is 6.92 Å². The van der Waals surface area contributed by atoms with E-state index in [0.29, 0.717) is 6.61 Å². The highest BCUT2D eigenvalue weighted by atomic mass is 16.5. The van der Waals surface area contributed by atoms with Crippen molar-refractivity contribution in [2.75, 3.05) is 19.8 Å². The highest BCUT2D eigenvalue weighted by molar-refractivity contribution is 4.87. The van der Waals surface area contributed by atoms with Crippen LogP contribution in [0.15, 0.2) is 0 Å². The fraction of sp³-hybridized carbons (Fsp3) is 1.00. The SMILES string of the molecule is CCCCCCCCCCCCCCCCOC[C@@H](O)[C@@H]1OC[C@H](O)[C@@H]1O. The van der Waals surface area contributed by atoms with Gasteiger partial charge in [-0.1, -0.05) is 90.4 Å². The summed E-state index contributed by atoms with van der Waals surface area (Å²) in [7, 11) is 0. The summed E-state index contributed by atoms with van der Waals surface area (Å²) in [5.41, 5.74) is 0. The Morgan fingerprint density at radius 2 is 1.30 bits per heavy atom. The number of ether oxygens (including phenoxy) is 2. The third kappa shape index (κ3) is 12.1. The molecule has 0 aromatic heterocycles. The predicted octanol–water partition coefficient (Wildman–Crippen LogP) is 3.97. The lowest BCUT2D eigenvalue weighted by Crippen LogP contribution is -2.40. The molecule has 5 nitrogen and oxygen atoms in total. The maximum atomic E-state index is 9.93. The van der Waals surface area contributed by atoms with Gasteiger partial charge in [0.2, 0.25) is 0 Å². The minimum absolute atomic E-state index is 0.0713. The van der Waals surface area contributed by atoms with Gasteiger partial charge in [-0.2, -0.15) is 0 Å². The molecule has 27 heavy (non-hydrogen) atoms. The molecule has 4 atom stereocenters. The summed E-state index contributed by atoms with van der Waals surface area (Å²) in [6.45, 7) is 3.11. The fourth-order valence-electron chi connectivity index (χ4n) is 3.66. The minimum Gasteiger partial charge on any atom is -0.388 e. The van der Waals surface area contributed by atoms with E-state index in [9.17, 15) is 15.3 Å². The molecule has 0 amide bonds. The molecule has 0 radical (unpaired) electrons. The van der Waals surface area contributed by atoms with Crippen LogP contribution >= 0.6 is 0 Å². The third-order valence-corrected chi connectivity index (χ3v) is 5.50. The average molecular weight is 389 g/mol. The van der Waals surface area contributed by atoms with E-state index < -0.39 is 24.4 Å². The van der Waals surface area contributed by atoms with Gasteiger partial charge in [-0.3, -0.25) is 0 Å². The Labute approximate surface area is 166 Å². The van der Waals surface area contributed by atoms with Crippen LogP contribution in [-0.4, -0.2) is 59.6 Å². The van der Waals surface area contributed by atoms with E-state index in [1.165, 1.54) is 77.0 Å². The van der Waals surface area contributed by atoms with Gasteiger partial charge in [0.1, 0.15) is 24.4 Å². The van der Waals surface area contributed by atoms with E-state index in [1.807, 2.05) is 0 Å². The van der Waals surface area contributed by atoms with E-state index in [0.717, 1.165) is 12.8 Å². The van der Waals surface area contributed by atoms with Crippen molar-refractivity contribution in [2.24, 2.45) is 0 Å². The summed E-state index contributed by atoms with van der Waals surface area (Å²) in [6, 6.07) is 0. The highest BCUT2D eigenvalue weighted by Crippen LogP contribution is 2.18. The third-order valence-electron chi connectivity index (χ3n) is 5.50. The molecule has 0 spiro atoms. The van der Waals surface area contributed by atoms with Crippen molar-refractivity contribution in [2.45, 2.75) is 121 Å². The first-order valence-corrected chi connectivity index (χ1v) is 11.4. The van der Waals surface area contributed by atoms with Gasteiger partial charge in [-0.25, -0.2) is 0 Å². The molecule has 1 aliphatic heterocycles. The number of aliphatic hydroxyl groups excluding tert-OH is 3. The van der Waals surface area contributed by atoms with Gasteiger partial charge < -0.3 is 24.8 Å². The van der Waals surface area contributed by atoms with Gasteiger partial charge in [0.15, 0.2) is 0 Å². The maximum absolute atomic E-state index is 9.93. The van der Waals surface area contributed by atoms with Crippen LogP contribution in [0, 0.1) is 0 Å². The van der Waals surface area contributed by atoms with Crippen LogP contribution < -0.4 is 0 Å². The Morgan fingerprint density at radius 3 is 1.74 bits per heavy atom. The van der Waals surface area contributed by atoms with Gasteiger partial charge in [-0.05, 0) is 6.42 Å². The van der Waals surface area contributed by atoms with Crippen molar-refractivity contribution in [3.05, 3.63) is 0 Å². The van der Waals surface area contributed by atoms with Gasteiger partial charge >= 0.3 is 0 Å². The molecule has 0 unspecified atom stereocenters. The average Bonchev–Trinajstić information content (AvgIpc) is 3.00. The Balaban J connectivity index is 1.77. The molecule has 5 heteroatoms. The topological polar surface area (TPSA) is 79.2 Å². The van der Waals surface area contributed by atoms with Crippen LogP contribution in [0.2, 0.25) is 0 Å². The van der Waals surface area contributed by atoms with E-state index in [1.54, 1.807) is 0 Å². The molecule has 1 saturated heterocycles. The Morgan fingerprint density at radius 1 is 0.815 bits per heavy atom. The first kappa shape index (κ1) is 24.8. The maximum Gasteiger partial charge on any atom is 0.114 e. The van der Waals surface area contributed by atoms with Crippen molar-refractivity contribution in [1.82, 2.24) is 0 Å². The lowest BCUT2D eigenvalue weighted by Gasteiger charge is -2.20. The summed E-state index contributed by atoms with van der Waals surface area (Å²) in [5, 5.41) is 29.0. The molecule has 1 rings (SSSR count). The van der Waals surface area contributed by atoms with Crippen molar-refractivity contribution in [1.29, 1.82) is 0 Å². The van der Waals surface area contributed by atoms with Gasteiger partial charge in [0.05, 0.1) is 13.2 Å². The molecule has 1 fully saturated rings. The number of hydrogen-bond acceptors (Lipinski definition) is 5. The van der Waals surface area contributed by atoms with E-state index in [4.69, 9.17) is 9.47 Å². The largest absolute Gasteiger partial charge is 0.388 e. The highest BCUT2D eigenvalue weighted by Gasteiger charge is 2.39. The van der Waals surface area contributed by atoms with Crippen LogP contribution in [0.25, 0.3) is 0 Å². The quantitative estimate of drug-likeness (QED) is 0.310. The second kappa shape index (κ2) is 16.7. The summed E-state index contributed by atoms with van der Waals surface area (Å²) in [4.78, 5) is 0. The Hall–Kier alpha value is -0.200. The van der Waals surface area contributed by atoms with Crippen molar-refractivity contribution in [3.8, 4) is 0 Å². The second-order valence-corrected chi connectivity index (χ2v) is 8.09. The van der Waals surface area contributed by atoms with Gasteiger partial charge in [0, 0.05) is 6.61 Å². The lowest BCUT2D eigenvalue weighted by atomic mass is 10.0. The molecule has 162 valence electrons. The zero-order valence-corrected chi connectivity index (χ0v) is 17.5. The van der Waals surface area contributed by atoms with Gasteiger partial charge in [-0.15, -0.1) is 0 Å². The standard InChI is InChI=1S/C22H44O5/c1-2-3-4-5-6-7-8-9-10-11-12-13-14-15-16-26-17-20(24)22-21(25)19(23)18-27-22/h19-25H,2-18H2,1H3/t19-,20+,21-,22-/m0/s1. The first-order valence-electron chi connectivity index (χ1n) is 11.4. The molecule has 0 saturated carbocycles. The van der Waals surface area contributed by atoms with Crippen LogP contribution in [-0.2, 0) is 9.47 Å². The van der Waals surface area contributed by atoms with Crippen LogP contribution in [0.5, 0.6) is 0 Å². The van der Waals surface area contributed by atoms with Crippen LogP contribution in [0.3, 0.4) is 0 Å². The summed E-state index contributed by atoms with van der Waals surface area (Å²) >= 11 is 0. The normalized spacial score (nSPS) is 23.8. The molecular weight excluding hydrogens is 344 g/mol. The molecule has 0 bridgehead atoms. The van der Waals surface area contributed by atoms with Crippen LogP contribution in [0.1, 0.15) is 96.8 Å². The fourth-order valence-corrected chi connectivity index (χ4v) is 3.66. The minimum atomic E-state index is -1.02. The molecule has 1 heterocycles. The van der Waals surface area contributed by atoms with E-state index in [-0.39, 0.29) is 13.2 Å². The van der Waals surface area contributed by atoms with Crippen molar-refractivity contribution >= 4 is 0 Å². The smallest absolute Gasteiger partial charge is 0.114 e. The summed E-state index contributed by atoms with van der Waals surface area (Å²) in [5.74, 6) is 0. The van der Waals surface area contributed by atoms with E-state index >= 15 is 0 Å². The number of unbranched alkanes of at least 4 members (excludes halogenated alkanes) is 13. The molecule has 0 aromatic rings. The Kier molecular flexibility index (Phi) is 15.4. The monoisotopic (exact) mass is 388 g/mol. The first-order chi connectivity index (χ1) is 13.2. The molecule has 0 aliphatic carbocycles. The molecule has 3 N–H and O–H groups in total. The zero-order valence-electron chi connectivity index (χ0n) is 17.5. The summed E-state index contributed by atoms with van der Waals surface area (Å²) < 4.78 is 10.7. The predicted molar refractivity (Wildman–Crippen MR) is 109 cm³/mol. The second-order valence-electron chi connectivity index (χ2n) is 8.09.